The Morgan fingerprint density at radius 1 is 1.50 bits per heavy atom. The minimum absolute atomic E-state index is 0.398. The number of halogens is 1. The van der Waals surface area contributed by atoms with Gasteiger partial charge in [-0.2, -0.15) is 0 Å². The molecule has 0 unspecified atom stereocenters. The largest absolute Gasteiger partial charge is 0.327 e. The molecule has 0 bridgehead atoms. The van der Waals surface area contributed by atoms with E-state index in [-0.39, 0.29) is 0 Å². The van der Waals surface area contributed by atoms with Crippen molar-refractivity contribution in [3.8, 4) is 0 Å². The van der Waals surface area contributed by atoms with E-state index >= 15 is 0 Å². The predicted molar refractivity (Wildman–Crippen MR) is 62.8 cm³/mol. The van der Waals surface area contributed by atoms with E-state index in [2.05, 4.69) is 9.55 Å². The van der Waals surface area contributed by atoms with Crippen molar-refractivity contribution < 1.29 is 4.79 Å². The van der Waals surface area contributed by atoms with Crippen LogP contribution in [0.3, 0.4) is 0 Å². The van der Waals surface area contributed by atoms with Crippen LogP contribution in [0.15, 0.2) is 18.5 Å². The van der Waals surface area contributed by atoms with Gasteiger partial charge in [-0.05, 0) is 30.5 Å². The number of benzene rings is 1. The van der Waals surface area contributed by atoms with E-state index in [4.69, 9.17) is 11.6 Å². The predicted octanol–water partition coefficient (Wildman–Crippen LogP) is 2.77. The Labute approximate surface area is 98.0 Å². The van der Waals surface area contributed by atoms with Crippen LogP contribution in [-0.4, -0.2) is 15.8 Å². The van der Waals surface area contributed by atoms with Gasteiger partial charge in [-0.15, -0.1) is 0 Å². The molecule has 1 aromatic heterocycles. The number of rotatable bonds is 3. The molecular weight excluding hydrogens is 224 g/mol. The standard InChI is InChI=1S/C12H11ClN2O/c13-9-5-8(3-4-16)12-11(6-9)14-7-15(12)10-1-2-10/h4-7,10H,1-3H2. The van der Waals surface area contributed by atoms with Crippen LogP contribution in [0.2, 0.25) is 5.02 Å². The molecule has 16 heavy (non-hydrogen) atoms. The molecule has 0 atom stereocenters. The Morgan fingerprint density at radius 2 is 2.31 bits per heavy atom. The van der Waals surface area contributed by atoms with Crippen LogP contribution < -0.4 is 0 Å². The Hall–Kier alpha value is -1.35. The zero-order valence-corrected chi connectivity index (χ0v) is 9.44. The number of hydrogen-bond acceptors (Lipinski definition) is 2. The zero-order chi connectivity index (χ0) is 11.1. The fourth-order valence-electron chi connectivity index (χ4n) is 2.09. The van der Waals surface area contributed by atoms with Crippen molar-refractivity contribution in [2.45, 2.75) is 25.3 Å². The van der Waals surface area contributed by atoms with Crippen LogP contribution in [0.4, 0.5) is 0 Å². The van der Waals surface area contributed by atoms with Crippen LogP contribution in [0, 0.1) is 0 Å². The van der Waals surface area contributed by atoms with E-state index in [0.29, 0.717) is 17.5 Å². The van der Waals surface area contributed by atoms with Crippen LogP contribution in [0.5, 0.6) is 0 Å². The Kier molecular flexibility index (Phi) is 2.21. The highest BCUT2D eigenvalue weighted by Crippen LogP contribution is 2.38. The quantitative estimate of drug-likeness (QED) is 0.766. The molecule has 1 aliphatic rings. The molecule has 0 amide bonds. The average Bonchev–Trinajstić information content (AvgIpc) is 3.00. The van der Waals surface area contributed by atoms with Crippen LogP contribution in [-0.2, 0) is 11.2 Å². The minimum atomic E-state index is 0.398. The lowest BCUT2D eigenvalue weighted by Crippen LogP contribution is -1.96. The molecule has 0 N–H and O–H groups in total. The van der Waals surface area contributed by atoms with Gasteiger partial charge in [-0.25, -0.2) is 4.98 Å². The maximum atomic E-state index is 10.7. The van der Waals surface area contributed by atoms with Crippen LogP contribution >= 0.6 is 11.6 Å². The second-order valence-electron chi connectivity index (χ2n) is 4.19. The first-order chi connectivity index (χ1) is 7.79. The Balaban J connectivity index is 2.26. The molecule has 0 radical (unpaired) electrons. The summed E-state index contributed by atoms with van der Waals surface area (Å²) in [6, 6.07) is 4.28. The fourth-order valence-corrected chi connectivity index (χ4v) is 2.33. The van der Waals surface area contributed by atoms with E-state index in [1.807, 2.05) is 18.5 Å². The SMILES string of the molecule is O=CCc1cc(Cl)cc2ncn(C3CC3)c12. The number of imidazole rings is 1. The van der Waals surface area contributed by atoms with Gasteiger partial charge < -0.3 is 9.36 Å². The third-order valence-electron chi connectivity index (χ3n) is 2.96. The topological polar surface area (TPSA) is 34.9 Å². The van der Waals surface area contributed by atoms with Gasteiger partial charge in [0.05, 0.1) is 17.4 Å². The van der Waals surface area contributed by atoms with E-state index in [9.17, 15) is 4.79 Å². The number of carbonyl (C=O) groups excluding carboxylic acids is 1. The summed E-state index contributed by atoms with van der Waals surface area (Å²) in [5.41, 5.74) is 2.93. The number of hydrogen-bond donors (Lipinski definition) is 0. The smallest absolute Gasteiger partial charge is 0.124 e. The summed E-state index contributed by atoms with van der Waals surface area (Å²) in [7, 11) is 0. The number of aldehydes is 1. The lowest BCUT2D eigenvalue weighted by Gasteiger charge is -2.05. The van der Waals surface area contributed by atoms with Gasteiger partial charge in [-0.1, -0.05) is 11.6 Å². The second kappa shape index (κ2) is 3.59. The molecule has 1 heterocycles. The molecule has 3 nitrogen and oxygen atoms in total. The maximum Gasteiger partial charge on any atom is 0.124 e. The van der Waals surface area contributed by atoms with Crippen molar-refractivity contribution >= 4 is 28.9 Å². The first kappa shape index (κ1) is 9.85. The highest BCUT2D eigenvalue weighted by Gasteiger charge is 2.25. The van der Waals surface area contributed by atoms with E-state index in [0.717, 1.165) is 22.9 Å². The first-order valence-electron chi connectivity index (χ1n) is 5.38. The molecule has 2 aromatic rings. The molecule has 1 aliphatic carbocycles. The Bertz CT molecular complexity index is 557. The van der Waals surface area contributed by atoms with Gasteiger partial charge >= 0.3 is 0 Å². The number of carbonyl (C=O) groups is 1. The Morgan fingerprint density at radius 3 is 3.00 bits per heavy atom. The van der Waals surface area contributed by atoms with Gasteiger partial charge in [0.1, 0.15) is 6.29 Å². The summed E-state index contributed by atoms with van der Waals surface area (Å²) < 4.78 is 2.17. The van der Waals surface area contributed by atoms with Gasteiger partial charge in [0.2, 0.25) is 0 Å². The molecular formula is C12H11ClN2O. The normalized spacial score (nSPS) is 15.6. The third-order valence-corrected chi connectivity index (χ3v) is 3.17. The molecule has 0 saturated heterocycles. The summed E-state index contributed by atoms with van der Waals surface area (Å²) in [4.78, 5) is 15.0. The minimum Gasteiger partial charge on any atom is -0.327 e. The lowest BCUT2D eigenvalue weighted by atomic mass is 10.1. The van der Waals surface area contributed by atoms with Crippen LogP contribution in [0.25, 0.3) is 11.0 Å². The van der Waals surface area contributed by atoms with Crippen LogP contribution in [0.1, 0.15) is 24.4 Å². The molecule has 4 heteroatoms. The summed E-state index contributed by atoms with van der Waals surface area (Å²) >= 11 is 6.00. The van der Waals surface area contributed by atoms with Crippen molar-refractivity contribution in [1.29, 1.82) is 0 Å². The van der Waals surface area contributed by atoms with E-state index in [1.54, 1.807) is 0 Å². The number of fused-ring (bicyclic) bond motifs is 1. The molecule has 1 saturated carbocycles. The van der Waals surface area contributed by atoms with Gasteiger partial charge in [0, 0.05) is 17.5 Å². The fraction of sp³-hybridized carbons (Fsp3) is 0.333. The third kappa shape index (κ3) is 1.52. The molecule has 1 fully saturated rings. The summed E-state index contributed by atoms with van der Waals surface area (Å²) in [5, 5.41) is 0.644. The zero-order valence-electron chi connectivity index (χ0n) is 8.69. The highest BCUT2D eigenvalue weighted by molar-refractivity contribution is 6.31. The van der Waals surface area contributed by atoms with Crippen molar-refractivity contribution in [3.05, 3.63) is 29.0 Å². The summed E-state index contributed by atoms with van der Waals surface area (Å²) in [5.74, 6) is 0. The first-order valence-corrected chi connectivity index (χ1v) is 5.76. The summed E-state index contributed by atoms with van der Waals surface area (Å²) in [6.07, 6.45) is 5.57. The lowest BCUT2D eigenvalue weighted by molar-refractivity contribution is -0.107. The second-order valence-corrected chi connectivity index (χ2v) is 4.62. The van der Waals surface area contributed by atoms with Gasteiger partial charge in [-0.3, -0.25) is 0 Å². The molecule has 3 rings (SSSR count). The number of aromatic nitrogens is 2. The molecule has 82 valence electrons. The number of nitrogens with zero attached hydrogens (tertiary/aromatic N) is 2. The summed E-state index contributed by atoms with van der Waals surface area (Å²) in [6.45, 7) is 0. The highest BCUT2D eigenvalue weighted by atomic mass is 35.5. The maximum absolute atomic E-state index is 10.7. The van der Waals surface area contributed by atoms with Gasteiger partial charge in [0.25, 0.3) is 0 Å². The van der Waals surface area contributed by atoms with Crippen molar-refractivity contribution in [2.24, 2.45) is 0 Å². The van der Waals surface area contributed by atoms with Gasteiger partial charge in [0.15, 0.2) is 0 Å². The molecule has 1 aromatic carbocycles. The average molecular weight is 235 g/mol. The van der Waals surface area contributed by atoms with E-state index < -0.39 is 0 Å². The molecule has 0 aliphatic heterocycles. The van der Waals surface area contributed by atoms with Crippen molar-refractivity contribution in [1.82, 2.24) is 9.55 Å². The van der Waals surface area contributed by atoms with Crippen molar-refractivity contribution in [2.75, 3.05) is 0 Å². The molecule has 0 spiro atoms. The van der Waals surface area contributed by atoms with Crippen molar-refractivity contribution in [3.63, 3.8) is 0 Å². The van der Waals surface area contributed by atoms with E-state index in [1.165, 1.54) is 12.8 Å². The monoisotopic (exact) mass is 234 g/mol.